The van der Waals surface area contributed by atoms with E-state index in [2.05, 4.69) is 0 Å². The minimum absolute atomic E-state index is 0.291. The first-order valence-electron chi connectivity index (χ1n) is 4.98. The first-order valence-corrected chi connectivity index (χ1v) is 6.64. The molecule has 0 atom stereocenters. The van der Waals surface area contributed by atoms with Crippen LogP contribution in [0.25, 0.3) is 0 Å². The zero-order valence-corrected chi connectivity index (χ0v) is 9.46. The zero-order chi connectivity index (χ0) is 10.9. The van der Waals surface area contributed by atoms with Crippen molar-refractivity contribution >= 4 is 9.84 Å². The molecule has 2 rings (SSSR count). The van der Waals surface area contributed by atoms with Crippen molar-refractivity contribution in [2.45, 2.75) is 17.7 Å². The van der Waals surface area contributed by atoms with Gasteiger partial charge in [-0.15, -0.1) is 0 Å². The van der Waals surface area contributed by atoms with E-state index in [1.165, 1.54) is 0 Å². The van der Waals surface area contributed by atoms with E-state index in [-0.39, 0.29) is 0 Å². The molecular formula is C11H14O3S. The Hall–Kier alpha value is -1.03. The van der Waals surface area contributed by atoms with E-state index >= 15 is 0 Å². The maximum Gasteiger partial charge on any atom is 0.178 e. The lowest BCUT2D eigenvalue weighted by Gasteiger charge is -2.04. The lowest BCUT2D eigenvalue weighted by Crippen LogP contribution is -2.08. The summed E-state index contributed by atoms with van der Waals surface area (Å²) < 4.78 is 28.7. The molecule has 1 aromatic rings. The van der Waals surface area contributed by atoms with Crippen molar-refractivity contribution in [1.82, 2.24) is 0 Å². The van der Waals surface area contributed by atoms with Gasteiger partial charge in [0.25, 0.3) is 0 Å². The van der Waals surface area contributed by atoms with Crippen molar-refractivity contribution in [3.63, 3.8) is 0 Å². The van der Waals surface area contributed by atoms with E-state index in [0.29, 0.717) is 22.3 Å². The average Bonchev–Trinajstić information content (AvgIpc) is 3.01. The quantitative estimate of drug-likeness (QED) is 0.787. The second-order valence-electron chi connectivity index (χ2n) is 3.90. The average molecular weight is 226 g/mol. The molecule has 0 N–H and O–H groups in total. The molecule has 3 nitrogen and oxygen atoms in total. The van der Waals surface area contributed by atoms with Gasteiger partial charge in [-0.05, 0) is 43.0 Å². The molecular weight excluding hydrogens is 212 g/mol. The Morgan fingerprint density at radius 3 is 2.33 bits per heavy atom. The number of sulfone groups is 1. The van der Waals surface area contributed by atoms with E-state index in [9.17, 15) is 8.42 Å². The van der Waals surface area contributed by atoms with Gasteiger partial charge in [0.1, 0.15) is 5.75 Å². The third kappa shape index (κ3) is 2.50. The van der Waals surface area contributed by atoms with Gasteiger partial charge in [-0.3, -0.25) is 0 Å². The van der Waals surface area contributed by atoms with Crippen LogP contribution in [0, 0.1) is 5.92 Å². The van der Waals surface area contributed by atoms with Crippen molar-refractivity contribution < 1.29 is 13.2 Å². The number of benzene rings is 1. The summed E-state index contributed by atoms with van der Waals surface area (Å²) in [5, 5.41) is 0. The Morgan fingerprint density at radius 1 is 1.27 bits per heavy atom. The minimum Gasteiger partial charge on any atom is -0.497 e. The fourth-order valence-electron chi connectivity index (χ4n) is 1.47. The molecule has 82 valence electrons. The fraction of sp³-hybridized carbons (Fsp3) is 0.455. The van der Waals surface area contributed by atoms with Gasteiger partial charge in [-0.1, -0.05) is 0 Å². The lowest BCUT2D eigenvalue weighted by molar-refractivity contribution is 0.414. The Balaban J connectivity index is 2.19. The van der Waals surface area contributed by atoms with Crippen molar-refractivity contribution in [2.75, 3.05) is 12.9 Å². The molecule has 4 heteroatoms. The highest BCUT2D eigenvalue weighted by atomic mass is 32.2. The van der Waals surface area contributed by atoms with E-state index in [1.807, 2.05) is 0 Å². The molecule has 0 radical (unpaired) electrons. The van der Waals surface area contributed by atoms with Crippen molar-refractivity contribution in [1.29, 1.82) is 0 Å². The lowest BCUT2D eigenvalue weighted by atomic mass is 10.3. The minimum atomic E-state index is -3.08. The second-order valence-corrected chi connectivity index (χ2v) is 5.93. The van der Waals surface area contributed by atoms with Crippen LogP contribution >= 0.6 is 0 Å². The van der Waals surface area contributed by atoms with Crippen molar-refractivity contribution in [3.8, 4) is 5.75 Å². The SMILES string of the molecule is COc1ccc(S(=O)(=O)CC2CC2)cc1. The first-order chi connectivity index (χ1) is 7.12. The summed E-state index contributed by atoms with van der Waals surface area (Å²) in [5.41, 5.74) is 0. The van der Waals surface area contributed by atoms with Crippen LogP contribution in [-0.2, 0) is 9.84 Å². The van der Waals surface area contributed by atoms with E-state index in [1.54, 1.807) is 31.4 Å². The van der Waals surface area contributed by atoms with Crippen LogP contribution in [-0.4, -0.2) is 21.3 Å². The molecule has 15 heavy (non-hydrogen) atoms. The van der Waals surface area contributed by atoms with Crippen molar-refractivity contribution in [2.24, 2.45) is 5.92 Å². The van der Waals surface area contributed by atoms with Gasteiger partial charge in [-0.25, -0.2) is 8.42 Å². The first kappa shape index (κ1) is 10.5. The van der Waals surface area contributed by atoms with Crippen LogP contribution < -0.4 is 4.74 Å². The van der Waals surface area contributed by atoms with E-state index in [0.717, 1.165) is 12.8 Å². The Bertz CT molecular complexity index is 429. The van der Waals surface area contributed by atoms with Crippen LogP contribution in [0.5, 0.6) is 5.75 Å². The number of rotatable bonds is 4. The molecule has 0 spiro atoms. The Labute approximate surface area is 90.0 Å². The summed E-state index contributed by atoms with van der Waals surface area (Å²) in [6, 6.07) is 6.58. The molecule has 1 aromatic carbocycles. The molecule has 0 saturated heterocycles. The van der Waals surface area contributed by atoms with Gasteiger partial charge in [0.2, 0.25) is 0 Å². The zero-order valence-electron chi connectivity index (χ0n) is 8.64. The molecule has 0 heterocycles. The number of hydrogen-bond donors (Lipinski definition) is 0. The summed E-state index contributed by atoms with van der Waals surface area (Å²) in [6.45, 7) is 0. The van der Waals surface area contributed by atoms with E-state index in [4.69, 9.17) is 4.74 Å². The van der Waals surface area contributed by atoms with Gasteiger partial charge >= 0.3 is 0 Å². The molecule has 1 aliphatic carbocycles. The second kappa shape index (κ2) is 3.85. The predicted molar refractivity (Wildman–Crippen MR) is 57.8 cm³/mol. The number of ether oxygens (including phenoxy) is 1. The largest absolute Gasteiger partial charge is 0.497 e. The van der Waals surface area contributed by atoms with Gasteiger partial charge in [0, 0.05) is 0 Å². The summed E-state index contributed by atoms with van der Waals surface area (Å²) in [6.07, 6.45) is 2.10. The molecule has 0 unspecified atom stereocenters. The van der Waals surface area contributed by atoms with Crippen LogP contribution in [0.4, 0.5) is 0 Å². The maximum atomic E-state index is 11.8. The van der Waals surface area contributed by atoms with Gasteiger partial charge in [0.05, 0.1) is 17.8 Å². The highest BCUT2D eigenvalue weighted by molar-refractivity contribution is 7.91. The Kier molecular flexibility index (Phi) is 2.69. The third-order valence-corrected chi connectivity index (χ3v) is 4.47. The molecule has 0 bridgehead atoms. The normalized spacial score (nSPS) is 16.3. The fourth-order valence-corrected chi connectivity index (χ4v) is 3.17. The van der Waals surface area contributed by atoms with Gasteiger partial charge < -0.3 is 4.74 Å². The van der Waals surface area contributed by atoms with Gasteiger partial charge in [0.15, 0.2) is 9.84 Å². The molecule has 0 amide bonds. The topological polar surface area (TPSA) is 43.4 Å². The Morgan fingerprint density at radius 2 is 1.87 bits per heavy atom. The van der Waals surface area contributed by atoms with E-state index < -0.39 is 9.84 Å². The molecule has 1 fully saturated rings. The molecule has 0 aliphatic heterocycles. The molecule has 1 saturated carbocycles. The standard InChI is InChI=1S/C11H14O3S/c1-14-10-4-6-11(7-5-10)15(12,13)8-9-2-3-9/h4-7,9H,2-3,8H2,1H3. The van der Waals surface area contributed by atoms with Gasteiger partial charge in [-0.2, -0.15) is 0 Å². The summed E-state index contributed by atoms with van der Waals surface area (Å²) >= 11 is 0. The van der Waals surface area contributed by atoms with Crippen LogP contribution in [0.15, 0.2) is 29.2 Å². The molecule has 0 aromatic heterocycles. The predicted octanol–water partition coefficient (Wildman–Crippen LogP) is 1.88. The number of methoxy groups -OCH3 is 1. The number of hydrogen-bond acceptors (Lipinski definition) is 3. The molecule has 1 aliphatic rings. The maximum absolute atomic E-state index is 11.8. The van der Waals surface area contributed by atoms with Crippen molar-refractivity contribution in [3.05, 3.63) is 24.3 Å². The highest BCUT2D eigenvalue weighted by Crippen LogP contribution is 2.32. The smallest absolute Gasteiger partial charge is 0.178 e. The third-order valence-electron chi connectivity index (χ3n) is 2.57. The van der Waals surface area contributed by atoms with Crippen LogP contribution in [0.3, 0.4) is 0 Å². The summed E-state index contributed by atoms with van der Waals surface area (Å²) in [5.74, 6) is 1.36. The highest BCUT2D eigenvalue weighted by Gasteiger charge is 2.28. The van der Waals surface area contributed by atoms with Crippen LogP contribution in [0.1, 0.15) is 12.8 Å². The monoisotopic (exact) mass is 226 g/mol. The summed E-state index contributed by atoms with van der Waals surface area (Å²) in [4.78, 5) is 0.398. The van der Waals surface area contributed by atoms with Crippen LogP contribution in [0.2, 0.25) is 0 Å². The summed E-state index contributed by atoms with van der Waals surface area (Å²) in [7, 11) is -1.51.